The average Bonchev–Trinajstić information content (AvgIpc) is 2.65. The first-order valence-corrected chi connectivity index (χ1v) is 9.86. The molecule has 0 aromatic heterocycles. The highest BCUT2D eigenvalue weighted by molar-refractivity contribution is 8.17. The van der Waals surface area contributed by atoms with Crippen LogP contribution in [-0.4, -0.2) is 6.61 Å². The van der Waals surface area contributed by atoms with Crippen LogP contribution in [0.1, 0.15) is 19.8 Å². The maximum atomic E-state index is 5.80. The molecule has 24 heavy (non-hydrogen) atoms. The molecule has 0 bridgehead atoms. The topological polar surface area (TPSA) is 9.23 Å². The Kier molecular flexibility index (Phi) is 5.97. The molecule has 3 aromatic carbocycles. The summed E-state index contributed by atoms with van der Waals surface area (Å²) in [5, 5.41) is 0. The van der Waals surface area contributed by atoms with Crippen molar-refractivity contribution in [3.63, 3.8) is 0 Å². The molecule has 0 heterocycles. The maximum Gasteiger partial charge on any atom is 0.119 e. The summed E-state index contributed by atoms with van der Waals surface area (Å²) in [7, 11) is -0.530. The summed E-state index contributed by atoms with van der Waals surface area (Å²) in [6.07, 6.45) is 2.26. The second-order valence-electron chi connectivity index (χ2n) is 5.70. The number of hydrogen-bond acceptors (Lipinski definition) is 1. The highest BCUT2D eigenvalue weighted by Gasteiger charge is 2.12. The zero-order valence-corrected chi connectivity index (χ0v) is 15.0. The van der Waals surface area contributed by atoms with Crippen molar-refractivity contribution >= 4 is 10.9 Å². The van der Waals surface area contributed by atoms with E-state index in [1.54, 1.807) is 0 Å². The van der Waals surface area contributed by atoms with Gasteiger partial charge in [-0.1, -0.05) is 49.7 Å². The SMILES string of the molecule is CCCCOc1ccc([SH](c2ccccc2)c2ccccc2)cc1. The molecule has 0 aliphatic carbocycles. The van der Waals surface area contributed by atoms with E-state index < -0.39 is 10.9 Å². The summed E-state index contributed by atoms with van der Waals surface area (Å²) >= 11 is 0. The Hall–Kier alpha value is -2.19. The summed E-state index contributed by atoms with van der Waals surface area (Å²) in [6, 6.07) is 30.2. The summed E-state index contributed by atoms with van der Waals surface area (Å²) in [5.74, 6) is 0.961. The molecule has 0 saturated heterocycles. The zero-order valence-electron chi connectivity index (χ0n) is 14.1. The average molecular weight is 336 g/mol. The van der Waals surface area contributed by atoms with Crippen LogP contribution in [0.15, 0.2) is 99.6 Å². The van der Waals surface area contributed by atoms with Gasteiger partial charge in [-0.15, -0.1) is 0 Å². The molecule has 0 aliphatic heterocycles. The minimum absolute atomic E-state index is 0.530. The van der Waals surface area contributed by atoms with Crippen LogP contribution >= 0.6 is 10.9 Å². The fraction of sp³-hybridized carbons (Fsp3) is 0.182. The molecule has 1 nitrogen and oxygen atoms in total. The highest BCUT2D eigenvalue weighted by Crippen LogP contribution is 2.51. The Balaban J connectivity index is 1.89. The lowest BCUT2D eigenvalue weighted by Gasteiger charge is -2.23. The Morgan fingerprint density at radius 1 is 0.667 bits per heavy atom. The lowest BCUT2D eigenvalue weighted by molar-refractivity contribution is 0.309. The number of thiol groups is 1. The third-order valence-corrected chi connectivity index (χ3v) is 6.33. The van der Waals surface area contributed by atoms with Crippen LogP contribution in [0.5, 0.6) is 5.75 Å². The molecule has 3 rings (SSSR count). The highest BCUT2D eigenvalue weighted by atomic mass is 32.2. The van der Waals surface area contributed by atoms with Gasteiger partial charge in [0.05, 0.1) is 6.61 Å². The Labute approximate surface area is 147 Å². The van der Waals surface area contributed by atoms with Crippen LogP contribution in [0.3, 0.4) is 0 Å². The van der Waals surface area contributed by atoms with Gasteiger partial charge in [0.15, 0.2) is 0 Å². The molecule has 0 fully saturated rings. The van der Waals surface area contributed by atoms with Crippen molar-refractivity contribution in [2.45, 2.75) is 34.5 Å². The summed E-state index contributed by atoms with van der Waals surface area (Å²) in [6.45, 7) is 2.97. The largest absolute Gasteiger partial charge is 0.494 e. The summed E-state index contributed by atoms with van der Waals surface area (Å²) in [5.41, 5.74) is 0. The van der Waals surface area contributed by atoms with Gasteiger partial charge in [0.1, 0.15) is 5.75 Å². The van der Waals surface area contributed by atoms with Crippen LogP contribution in [0.4, 0.5) is 0 Å². The molecule has 0 atom stereocenters. The molecule has 0 N–H and O–H groups in total. The molecule has 2 heteroatoms. The maximum absolute atomic E-state index is 5.80. The van der Waals surface area contributed by atoms with E-state index in [1.807, 2.05) is 0 Å². The van der Waals surface area contributed by atoms with Gasteiger partial charge in [-0.3, -0.25) is 0 Å². The number of rotatable bonds is 7. The first-order chi connectivity index (χ1) is 11.9. The predicted molar refractivity (Wildman–Crippen MR) is 104 cm³/mol. The molecule has 124 valence electrons. The van der Waals surface area contributed by atoms with E-state index >= 15 is 0 Å². The van der Waals surface area contributed by atoms with Crippen LogP contribution in [0, 0.1) is 0 Å². The molecule has 0 amide bonds. The van der Waals surface area contributed by atoms with Gasteiger partial charge < -0.3 is 4.74 Å². The number of unbranched alkanes of at least 4 members (excludes halogenated alkanes) is 1. The van der Waals surface area contributed by atoms with Crippen LogP contribution < -0.4 is 4.74 Å². The summed E-state index contributed by atoms with van der Waals surface area (Å²) < 4.78 is 5.80. The second-order valence-corrected chi connectivity index (χ2v) is 7.92. The van der Waals surface area contributed by atoms with E-state index in [1.165, 1.54) is 14.7 Å². The van der Waals surface area contributed by atoms with Crippen molar-refractivity contribution in [2.24, 2.45) is 0 Å². The Morgan fingerprint density at radius 2 is 1.17 bits per heavy atom. The van der Waals surface area contributed by atoms with E-state index in [-0.39, 0.29) is 0 Å². The van der Waals surface area contributed by atoms with Gasteiger partial charge in [-0.05, 0) is 69.6 Å². The van der Waals surface area contributed by atoms with Gasteiger partial charge in [-0.2, -0.15) is 10.9 Å². The molecule has 3 aromatic rings. The number of benzene rings is 3. The molecular formula is C22H24OS. The van der Waals surface area contributed by atoms with E-state index in [0.717, 1.165) is 25.2 Å². The predicted octanol–water partition coefficient (Wildman–Crippen LogP) is 6.34. The standard InChI is InChI=1S/C22H24OS/c1-2-3-18-23-19-14-16-22(17-15-19)24(20-10-6-4-7-11-20)21-12-8-5-9-13-21/h4-17,24H,2-3,18H2,1H3. The second kappa shape index (κ2) is 8.60. The lowest BCUT2D eigenvalue weighted by atomic mass is 10.3. The van der Waals surface area contributed by atoms with Gasteiger partial charge in [0.2, 0.25) is 0 Å². The summed E-state index contributed by atoms with van der Waals surface area (Å²) in [4.78, 5) is 4.10. The smallest absolute Gasteiger partial charge is 0.119 e. The minimum atomic E-state index is -0.530. The van der Waals surface area contributed by atoms with Crippen LogP contribution in [0.2, 0.25) is 0 Å². The monoisotopic (exact) mass is 336 g/mol. The van der Waals surface area contributed by atoms with Crippen LogP contribution in [-0.2, 0) is 0 Å². The number of hydrogen-bond donors (Lipinski definition) is 1. The van der Waals surface area contributed by atoms with Crippen molar-refractivity contribution in [1.29, 1.82) is 0 Å². The molecular weight excluding hydrogens is 312 g/mol. The lowest BCUT2D eigenvalue weighted by Crippen LogP contribution is -1.96. The fourth-order valence-electron chi connectivity index (χ4n) is 2.63. The number of ether oxygens (including phenoxy) is 1. The first kappa shape index (κ1) is 16.7. The van der Waals surface area contributed by atoms with Gasteiger partial charge in [-0.25, -0.2) is 0 Å². The van der Waals surface area contributed by atoms with E-state index in [4.69, 9.17) is 4.74 Å². The molecule has 0 unspecified atom stereocenters. The van der Waals surface area contributed by atoms with E-state index in [2.05, 4.69) is 91.9 Å². The molecule has 0 radical (unpaired) electrons. The fourth-order valence-corrected chi connectivity index (χ4v) is 4.91. The Morgan fingerprint density at radius 3 is 1.67 bits per heavy atom. The quantitative estimate of drug-likeness (QED) is 0.391. The van der Waals surface area contributed by atoms with Crippen molar-refractivity contribution in [3.05, 3.63) is 84.9 Å². The van der Waals surface area contributed by atoms with Crippen molar-refractivity contribution in [1.82, 2.24) is 0 Å². The molecule has 0 saturated carbocycles. The Bertz CT molecular complexity index is 683. The van der Waals surface area contributed by atoms with Gasteiger partial charge in [0, 0.05) is 0 Å². The van der Waals surface area contributed by atoms with Crippen LogP contribution in [0.25, 0.3) is 0 Å². The molecule has 0 spiro atoms. The third-order valence-electron chi connectivity index (χ3n) is 3.89. The van der Waals surface area contributed by atoms with E-state index in [0.29, 0.717) is 0 Å². The van der Waals surface area contributed by atoms with Crippen molar-refractivity contribution in [2.75, 3.05) is 6.61 Å². The molecule has 0 aliphatic rings. The van der Waals surface area contributed by atoms with Gasteiger partial charge >= 0.3 is 0 Å². The van der Waals surface area contributed by atoms with Crippen molar-refractivity contribution < 1.29 is 4.74 Å². The van der Waals surface area contributed by atoms with Gasteiger partial charge in [0.25, 0.3) is 0 Å². The zero-order chi connectivity index (χ0) is 16.6. The normalized spacial score (nSPS) is 11.1. The minimum Gasteiger partial charge on any atom is -0.494 e. The van der Waals surface area contributed by atoms with Crippen molar-refractivity contribution in [3.8, 4) is 5.75 Å². The third kappa shape index (κ3) is 4.21. The van der Waals surface area contributed by atoms with E-state index in [9.17, 15) is 0 Å². The first-order valence-electron chi connectivity index (χ1n) is 8.51.